The molecule has 2 heterocycles. The predicted octanol–water partition coefficient (Wildman–Crippen LogP) is 6.22. The van der Waals surface area contributed by atoms with Crippen LogP contribution in [-0.4, -0.2) is 27.2 Å². The average molecular weight is 443 g/mol. The van der Waals surface area contributed by atoms with Gasteiger partial charge in [-0.05, 0) is 41.6 Å². The fraction of sp³-hybridized carbons (Fsp3) is 0.0909. The maximum atomic E-state index is 12.5. The van der Waals surface area contributed by atoms with E-state index in [0.717, 1.165) is 33.8 Å². The van der Waals surface area contributed by atoms with Crippen LogP contribution in [0.3, 0.4) is 0 Å². The molecule has 2 aromatic carbocycles. The van der Waals surface area contributed by atoms with Gasteiger partial charge >= 0.3 is 0 Å². The summed E-state index contributed by atoms with van der Waals surface area (Å²) in [6.45, 7) is 4.41. The first-order valence-electron chi connectivity index (χ1n) is 8.86. The van der Waals surface area contributed by atoms with Gasteiger partial charge in [0.05, 0.1) is 15.0 Å². The summed E-state index contributed by atoms with van der Waals surface area (Å²) < 4.78 is 2.09. The van der Waals surface area contributed by atoms with E-state index in [4.69, 9.17) is 23.2 Å². The van der Waals surface area contributed by atoms with E-state index in [1.54, 1.807) is 18.2 Å². The number of halogens is 2. The molecule has 146 valence electrons. The molecule has 29 heavy (non-hydrogen) atoms. The second-order valence-electron chi connectivity index (χ2n) is 6.56. The largest absolute Gasteiger partial charge is 0.342 e. The van der Waals surface area contributed by atoms with Gasteiger partial charge in [-0.1, -0.05) is 53.5 Å². The lowest BCUT2D eigenvalue weighted by Crippen LogP contribution is -2.27. The van der Waals surface area contributed by atoms with Crippen LogP contribution in [0.15, 0.2) is 66.2 Å². The molecule has 1 aliphatic rings. The van der Waals surface area contributed by atoms with E-state index in [2.05, 4.69) is 11.1 Å². The number of imide groups is 1. The van der Waals surface area contributed by atoms with Gasteiger partial charge in [-0.3, -0.25) is 14.5 Å². The zero-order valence-electron chi connectivity index (χ0n) is 15.3. The van der Waals surface area contributed by atoms with Crippen LogP contribution < -0.4 is 0 Å². The first-order chi connectivity index (χ1) is 14.0. The van der Waals surface area contributed by atoms with Crippen molar-refractivity contribution in [1.82, 2.24) is 9.47 Å². The third-order valence-electron chi connectivity index (χ3n) is 4.63. The number of hydrogen-bond acceptors (Lipinski definition) is 3. The van der Waals surface area contributed by atoms with E-state index in [0.29, 0.717) is 21.5 Å². The van der Waals surface area contributed by atoms with Crippen molar-refractivity contribution in [2.75, 3.05) is 6.54 Å². The highest BCUT2D eigenvalue weighted by molar-refractivity contribution is 8.18. The van der Waals surface area contributed by atoms with Crippen molar-refractivity contribution in [3.63, 3.8) is 0 Å². The van der Waals surface area contributed by atoms with Crippen molar-refractivity contribution in [2.45, 2.75) is 6.54 Å². The van der Waals surface area contributed by atoms with Gasteiger partial charge in [-0.2, -0.15) is 0 Å². The standard InChI is InChI=1S/C22H16Cl2N2O2S/c1-2-9-26-21(27)20(29-22(26)28)11-15-13-25(19-6-4-3-5-16(15)19)12-14-7-8-17(23)18(24)10-14/h2-8,10-11,13H,1,9,12H2/b20-11+. The van der Waals surface area contributed by atoms with Crippen molar-refractivity contribution in [1.29, 1.82) is 0 Å². The number of aromatic nitrogens is 1. The van der Waals surface area contributed by atoms with Gasteiger partial charge in [0.2, 0.25) is 0 Å². The van der Waals surface area contributed by atoms with Gasteiger partial charge in [-0.15, -0.1) is 6.58 Å². The van der Waals surface area contributed by atoms with Crippen molar-refractivity contribution in [2.24, 2.45) is 0 Å². The molecular formula is C22H16Cl2N2O2S. The maximum absolute atomic E-state index is 12.5. The summed E-state index contributed by atoms with van der Waals surface area (Å²) in [6.07, 6.45) is 5.30. The summed E-state index contributed by atoms with van der Waals surface area (Å²) in [5, 5.41) is 1.75. The van der Waals surface area contributed by atoms with Gasteiger partial charge < -0.3 is 4.57 Å². The number of para-hydroxylation sites is 1. The minimum atomic E-state index is -0.291. The zero-order valence-corrected chi connectivity index (χ0v) is 17.6. The molecule has 0 bridgehead atoms. The Hall–Kier alpha value is -2.47. The van der Waals surface area contributed by atoms with Crippen LogP contribution in [0, 0.1) is 0 Å². The number of amides is 2. The normalized spacial score (nSPS) is 15.7. The summed E-state index contributed by atoms with van der Waals surface area (Å²) in [5.41, 5.74) is 2.91. The van der Waals surface area contributed by atoms with Gasteiger partial charge in [0.25, 0.3) is 11.1 Å². The van der Waals surface area contributed by atoms with Gasteiger partial charge in [-0.25, -0.2) is 0 Å². The minimum absolute atomic E-state index is 0.209. The molecule has 2 amide bonds. The topological polar surface area (TPSA) is 42.3 Å². The molecule has 1 saturated heterocycles. The number of fused-ring (bicyclic) bond motifs is 1. The first kappa shape index (κ1) is 19.8. The molecule has 1 aromatic heterocycles. The van der Waals surface area contributed by atoms with Crippen LogP contribution in [0.2, 0.25) is 10.0 Å². The molecule has 1 fully saturated rings. The van der Waals surface area contributed by atoms with Crippen LogP contribution in [0.1, 0.15) is 11.1 Å². The molecule has 3 aromatic rings. The van der Waals surface area contributed by atoms with E-state index in [1.165, 1.54) is 4.90 Å². The summed E-state index contributed by atoms with van der Waals surface area (Å²) in [5.74, 6) is -0.291. The monoisotopic (exact) mass is 442 g/mol. The van der Waals surface area contributed by atoms with E-state index in [1.807, 2.05) is 42.6 Å². The summed E-state index contributed by atoms with van der Waals surface area (Å²) >= 11 is 13.1. The van der Waals surface area contributed by atoms with Crippen LogP contribution in [-0.2, 0) is 11.3 Å². The third kappa shape index (κ3) is 3.86. The van der Waals surface area contributed by atoms with E-state index in [-0.39, 0.29) is 17.7 Å². The van der Waals surface area contributed by atoms with Gasteiger partial charge in [0.15, 0.2) is 0 Å². The van der Waals surface area contributed by atoms with Gasteiger partial charge in [0, 0.05) is 35.8 Å². The van der Waals surface area contributed by atoms with Crippen molar-refractivity contribution in [3.8, 4) is 0 Å². The van der Waals surface area contributed by atoms with E-state index < -0.39 is 0 Å². The number of carbonyl (C=O) groups excluding carboxylic acids is 2. The molecule has 0 N–H and O–H groups in total. The Morgan fingerprint density at radius 2 is 1.86 bits per heavy atom. The minimum Gasteiger partial charge on any atom is -0.342 e. The number of thioether (sulfide) groups is 1. The van der Waals surface area contributed by atoms with Crippen molar-refractivity contribution < 1.29 is 9.59 Å². The van der Waals surface area contributed by atoms with Gasteiger partial charge in [0.1, 0.15) is 0 Å². The lowest BCUT2D eigenvalue weighted by Gasteiger charge is -2.07. The molecule has 0 saturated carbocycles. The Labute approximate surface area is 182 Å². The molecule has 0 atom stereocenters. The second-order valence-corrected chi connectivity index (χ2v) is 8.37. The molecule has 0 aliphatic carbocycles. The van der Waals surface area contributed by atoms with Crippen LogP contribution in [0.25, 0.3) is 17.0 Å². The number of hydrogen-bond donors (Lipinski definition) is 0. The third-order valence-corrected chi connectivity index (χ3v) is 6.27. The van der Waals surface area contributed by atoms with E-state index in [9.17, 15) is 9.59 Å². The average Bonchev–Trinajstić information content (AvgIpc) is 3.18. The molecule has 0 radical (unpaired) electrons. The zero-order chi connectivity index (χ0) is 20.5. The number of rotatable bonds is 5. The van der Waals surface area contributed by atoms with Crippen LogP contribution in [0.4, 0.5) is 4.79 Å². The smallest absolute Gasteiger partial charge is 0.293 e. The Morgan fingerprint density at radius 3 is 2.62 bits per heavy atom. The predicted molar refractivity (Wildman–Crippen MR) is 120 cm³/mol. The Kier molecular flexibility index (Phi) is 5.54. The second kappa shape index (κ2) is 8.11. The number of benzene rings is 2. The fourth-order valence-electron chi connectivity index (χ4n) is 3.28. The molecule has 7 heteroatoms. The Bertz CT molecular complexity index is 1180. The van der Waals surface area contributed by atoms with Crippen molar-refractivity contribution >= 4 is 63.1 Å². The quantitative estimate of drug-likeness (QED) is 0.347. The Morgan fingerprint density at radius 1 is 1.07 bits per heavy atom. The SMILES string of the molecule is C=CCN1C(=O)S/C(=C/c2cn(Cc3ccc(Cl)c(Cl)c3)c3ccccc23)C1=O. The molecule has 1 aliphatic heterocycles. The number of nitrogens with zero attached hydrogens (tertiary/aromatic N) is 2. The number of carbonyl (C=O) groups is 2. The van der Waals surface area contributed by atoms with Crippen molar-refractivity contribution in [3.05, 3.63) is 87.4 Å². The highest BCUT2D eigenvalue weighted by Gasteiger charge is 2.34. The summed E-state index contributed by atoms with van der Waals surface area (Å²) in [6, 6.07) is 13.5. The lowest BCUT2D eigenvalue weighted by molar-refractivity contribution is -0.122. The molecule has 0 spiro atoms. The molecular weight excluding hydrogens is 427 g/mol. The first-order valence-corrected chi connectivity index (χ1v) is 10.4. The molecule has 4 rings (SSSR count). The lowest BCUT2D eigenvalue weighted by atomic mass is 10.1. The Balaban J connectivity index is 1.73. The maximum Gasteiger partial charge on any atom is 0.293 e. The summed E-state index contributed by atoms with van der Waals surface area (Å²) in [4.78, 5) is 26.2. The molecule has 0 unspecified atom stereocenters. The van der Waals surface area contributed by atoms with Crippen LogP contribution >= 0.6 is 35.0 Å². The summed E-state index contributed by atoms with van der Waals surface area (Å²) in [7, 11) is 0. The molecule has 4 nitrogen and oxygen atoms in total. The van der Waals surface area contributed by atoms with E-state index >= 15 is 0 Å². The highest BCUT2D eigenvalue weighted by Crippen LogP contribution is 2.34. The highest BCUT2D eigenvalue weighted by atomic mass is 35.5. The van der Waals surface area contributed by atoms with Crippen LogP contribution in [0.5, 0.6) is 0 Å². The fourth-order valence-corrected chi connectivity index (χ4v) is 4.44.